The molecule has 1 fully saturated rings. The first kappa shape index (κ1) is 17.0. The molecule has 0 N–H and O–H groups in total. The van der Waals surface area contributed by atoms with Gasteiger partial charge < -0.3 is 9.30 Å². The summed E-state index contributed by atoms with van der Waals surface area (Å²) in [6, 6.07) is 16.8. The third kappa shape index (κ3) is 3.18. The Morgan fingerprint density at radius 3 is 2.56 bits per heavy atom. The molecule has 0 bridgehead atoms. The van der Waals surface area contributed by atoms with E-state index in [1.807, 2.05) is 6.07 Å². The number of benzene rings is 2. The summed E-state index contributed by atoms with van der Waals surface area (Å²) in [5.74, 6) is 1.00. The summed E-state index contributed by atoms with van der Waals surface area (Å²) in [6.07, 6.45) is 2.22. The summed E-state index contributed by atoms with van der Waals surface area (Å²) in [5.41, 5.74) is 4.59. The Balaban J connectivity index is 1.59. The normalized spacial score (nSPS) is 15.7. The van der Waals surface area contributed by atoms with Gasteiger partial charge in [0.2, 0.25) is 5.78 Å². The van der Waals surface area contributed by atoms with Gasteiger partial charge in [0.05, 0.1) is 29.9 Å². The molecule has 0 spiro atoms. The third-order valence-electron chi connectivity index (χ3n) is 5.24. The summed E-state index contributed by atoms with van der Waals surface area (Å²) in [6.45, 7) is 5.57. The lowest BCUT2D eigenvalue weighted by Crippen LogP contribution is -2.38. The van der Waals surface area contributed by atoms with E-state index in [-0.39, 0.29) is 0 Å². The third-order valence-corrected chi connectivity index (χ3v) is 5.77. The van der Waals surface area contributed by atoms with Crippen LogP contribution in [-0.4, -0.2) is 51.7 Å². The lowest BCUT2D eigenvalue weighted by atomic mass is 10.1. The fourth-order valence-electron chi connectivity index (χ4n) is 3.79. The molecule has 1 aliphatic rings. The number of hydrogen-bond acceptors (Lipinski definition) is 3. The van der Waals surface area contributed by atoms with Crippen molar-refractivity contribution in [2.45, 2.75) is 6.54 Å². The van der Waals surface area contributed by atoms with Gasteiger partial charge in [-0.3, -0.25) is 9.30 Å². The molecule has 1 saturated heterocycles. The summed E-state index contributed by atoms with van der Waals surface area (Å²) >= 11 is 3.54. The molecule has 27 heavy (non-hydrogen) atoms. The van der Waals surface area contributed by atoms with Crippen LogP contribution in [0.5, 0.6) is 0 Å². The van der Waals surface area contributed by atoms with E-state index in [4.69, 9.17) is 9.72 Å². The van der Waals surface area contributed by atoms with Crippen molar-refractivity contribution in [1.29, 1.82) is 0 Å². The van der Waals surface area contributed by atoms with Crippen LogP contribution < -0.4 is 0 Å². The number of morpholine rings is 1. The number of para-hydroxylation sites is 2. The van der Waals surface area contributed by atoms with Crippen molar-refractivity contribution in [3.63, 3.8) is 0 Å². The number of rotatable bonds is 4. The van der Waals surface area contributed by atoms with Crippen LogP contribution in [-0.2, 0) is 11.3 Å². The van der Waals surface area contributed by atoms with E-state index >= 15 is 0 Å². The number of ether oxygens (including phenoxy) is 1. The highest BCUT2D eigenvalue weighted by Gasteiger charge is 2.17. The highest BCUT2D eigenvalue weighted by Crippen LogP contribution is 2.27. The minimum Gasteiger partial charge on any atom is -0.379 e. The molecule has 0 amide bonds. The number of aromatic nitrogens is 3. The minimum absolute atomic E-state index is 0.827. The predicted octanol–water partition coefficient (Wildman–Crippen LogP) is 4.05. The molecule has 0 atom stereocenters. The highest BCUT2D eigenvalue weighted by molar-refractivity contribution is 9.10. The Labute approximate surface area is 166 Å². The van der Waals surface area contributed by atoms with Crippen molar-refractivity contribution < 1.29 is 4.74 Å². The summed E-state index contributed by atoms with van der Waals surface area (Å²) in [7, 11) is 0. The van der Waals surface area contributed by atoms with Gasteiger partial charge in [-0.1, -0.05) is 40.2 Å². The zero-order valence-corrected chi connectivity index (χ0v) is 16.6. The maximum Gasteiger partial charge on any atom is 0.215 e. The van der Waals surface area contributed by atoms with E-state index in [0.29, 0.717) is 0 Å². The van der Waals surface area contributed by atoms with Gasteiger partial charge in [0.15, 0.2) is 0 Å². The average Bonchev–Trinajstić information content (AvgIpc) is 3.24. The van der Waals surface area contributed by atoms with Crippen LogP contribution >= 0.6 is 15.9 Å². The molecule has 0 unspecified atom stereocenters. The second-order valence-electron chi connectivity index (χ2n) is 6.90. The van der Waals surface area contributed by atoms with Crippen LogP contribution in [0, 0.1) is 0 Å². The van der Waals surface area contributed by atoms with Crippen LogP contribution in [0.3, 0.4) is 0 Å². The van der Waals surface area contributed by atoms with Crippen LogP contribution in [0.2, 0.25) is 0 Å². The molecule has 0 radical (unpaired) electrons. The van der Waals surface area contributed by atoms with E-state index < -0.39 is 0 Å². The summed E-state index contributed by atoms with van der Waals surface area (Å²) in [5, 5.41) is 0. The second-order valence-corrected chi connectivity index (χ2v) is 7.81. The van der Waals surface area contributed by atoms with Crippen LogP contribution in [0.4, 0.5) is 0 Å². The first-order chi connectivity index (χ1) is 13.3. The summed E-state index contributed by atoms with van der Waals surface area (Å²) in [4.78, 5) is 7.38. The number of halogens is 1. The average molecular weight is 425 g/mol. The largest absolute Gasteiger partial charge is 0.379 e. The second kappa shape index (κ2) is 7.11. The Morgan fingerprint density at radius 1 is 0.963 bits per heavy atom. The predicted molar refractivity (Wildman–Crippen MR) is 111 cm³/mol. The van der Waals surface area contributed by atoms with Crippen LogP contribution in [0.1, 0.15) is 0 Å². The van der Waals surface area contributed by atoms with E-state index in [9.17, 15) is 0 Å². The van der Waals surface area contributed by atoms with Crippen molar-refractivity contribution in [2.24, 2.45) is 0 Å². The SMILES string of the molecule is Brc1ccc(-c2cn3c4ccccc4nc3n2CCN2CCOCC2)cc1. The minimum atomic E-state index is 0.827. The number of imidazole rings is 2. The first-order valence-electron chi connectivity index (χ1n) is 9.32. The van der Waals surface area contributed by atoms with Gasteiger partial charge in [0.25, 0.3) is 0 Å². The lowest BCUT2D eigenvalue weighted by molar-refractivity contribution is 0.0365. The van der Waals surface area contributed by atoms with Crippen molar-refractivity contribution in [1.82, 2.24) is 18.9 Å². The number of fused-ring (bicyclic) bond motifs is 3. The number of hydrogen-bond donors (Lipinski definition) is 0. The van der Waals surface area contributed by atoms with Gasteiger partial charge in [-0.05, 0) is 29.8 Å². The lowest BCUT2D eigenvalue weighted by Gasteiger charge is -2.26. The molecule has 2 aromatic carbocycles. The molecule has 0 saturated carbocycles. The zero-order valence-electron chi connectivity index (χ0n) is 15.0. The molecule has 6 heteroatoms. The Bertz CT molecular complexity index is 1080. The van der Waals surface area contributed by atoms with Crippen molar-refractivity contribution in [2.75, 3.05) is 32.8 Å². The molecule has 3 heterocycles. The van der Waals surface area contributed by atoms with E-state index in [2.05, 4.69) is 78.5 Å². The maximum atomic E-state index is 5.48. The molecular weight excluding hydrogens is 404 g/mol. The van der Waals surface area contributed by atoms with E-state index in [1.165, 1.54) is 11.3 Å². The van der Waals surface area contributed by atoms with Gasteiger partial charge in [-0.2, -0.15) is 0 Å². The van der Waals surface area contributed by atoms with Gasteiger partial charge in [0.1, 0.15) is 0 Å². The molecule has 5 nitrogen and oxygen atoms in total. The molecule has 2 aromatic heterocycles. The highest BCUT2D eigenvalue weighted by atomic mass is 79.9. The quantitative estimate of drug-likeness (QED) is 0.495. The maximum absolute atomic E-state index is 5.48. The van der Waals surface area contributed by atoms with Crippen LogP contribution in [0.15, 0.2) is 59.2 Å². The first-order valence-corrected chi connectivity index (χ1v) is 10.1. The fourth-order valence-corrected chi connectivity index (χ4v) is 4.05. The molecular formula is C21H21BrN4O. The Hall–Kier alpha value is -2.15. The van der Waals surface area contributed by atoms with Crippen molar-refractivity contribution in [3.05, 3.63) is 59.2 Å². The van der Waals surface area contributed by atoms with Crippen molar-refractivity contribution in [3.8, 4) is 11.3 Å². The fraction of sp³-hybridized carbons (Fsp3) is 0.286. The standard InChI is InChI=1S/C21H21BrN4O/c22-17-7-5-16(6-8-17)20-15-26-19-4-2-1-3-18(19)23-21(26)25(20)10-9-24-11-13-27-14-12-24/h1-8,15H,9-14H2. The zero-order chi connectivity index (χ0) is 18.2. The molecule has 4 aromatic rings. The Kier molecular flexibility index (Phi) is 4.47. The molecule has 0 aliphatic carbocycles. The van der Waals surface area contributed by atoms with Crippen molar-refractivity contribution >= 4 is 32.7 Å². The van der Waals surface area contributed by atoms with Gasteiger partial charge in [-0.15, -0.1) is 0 Å². The topological polar surface area (TPSA) is 34.7 Å². The van der Waals surface area contributed by atoms with Gasteiger partial charge >= 0.3 is 0 Å². The van der Waals surface area contributed by atoms with Crippen LogP contribution in [0.25, 0.3) is 28.1 Å². The van der Waals surface area contributed by atoms with E-state index in [1.54, 1.807) is 0 Å². The molecule has 138 valence electrons. The summed E-state index contributed by atoms with van der Waals surface area (Å²) < 4.78 is 11.1. The molecule has 1 aliphatic heterocycles. The van der Waals surface area contributed by atoms with E-state index in [0.717, 1.165) is 60.7 Å². The van der Waals surface area contributed by atoms with Gasteiger partial charge in [0, 0.05) is 36.8 Å². The number of nitrogens with zero attached hydrogens (tertiary/aromatic N) is 4. The monoisotopic (exact) mass is 424 g/mol. The smallest absolute Gasteiger partial charge is 0.215 e. The van der Waals surface area contributed by atoms with Gasteiger partial charge in [-0.25, -0.2) is 4.98 Å². The Morgan fingerprint density at radius 2 is 1.74 bits per heavy atom. The molecule has 5 rings (SSSR count).